The molecular weight excluding hydrogens is 479 g/mol. The van der Waals surface area contributed by atoms with Gasteiger partial charge in [0.25, 0.3) is 10.2 Å². The molecule has 3 heterocycles. The Morgan fingerprint density at radius 3 is 2.50 bits per heavy atom. The summed E-state index contributed by atoms with van der Waals surface area (Å²) in [5.41, 5.74) is 2.17. The summed E-state index contributed by atoms with van der Waals surface area (Å²) >= 11 is 6.28. The third-order valence-electron chi connectivity index (χ3n) is 6.76. The van der Waals surface area contributed by atoms with E-state index in [1.54, 1.807) is 24.4 Å². The predicted octanol–water partition coefficient (Wildman–Crippen LogP) is 4.02. The molecule has 0 radical (unpaired) electrons. The number of hydrogen-bond acceptors (Lipinski definition) is 5. The lowest BCUT2D eigenvalue weighted by atomic mass is 9.79. The normalized spacial score (nSPS) is 21.2. The number of nitrogens with zero attached hydrogens (tertiary/aromatic N) is 6. The first-order valence-corrected chi connectivity index (χ1v) is 13.0. The van der Waals surface area contributed by atoms with Crippen LogP contribution in [0.4, 0.5) is 4.39 Å². The van der Waals surface area contributed by atoms with Crippen molar-refractivity contribution in [2.45, 2.75) is 50.6 Å². The summed E-state index contributed by atoms with van der Waals surface area (Å²) in [5, 5.41) is 9.47. The van der Waals surface area contributed by atoms with Gasteiger partial charge >= 0.3 is 0 Å². The van der Waals surface area contributed by atoms with E-state index < -0.39 is 10.2 Å². The Bertz CT molecular complexity index is 1320. The van der Waals surface area contributed by atoms with Crippen LogP contribution in [-0.4, -0.2) is 50.9 Å². The molecule has 8 nitrogen and oxygen atoms in total. The van der Waals surface area contributed by atoms with E-state index >= 15 is 0 Å². The van der Waals surface area contributed by atoms with Crippen LogP contribution >= 0.6 is 11.6 Å². The van der Waals surface area contributed by atoms with Crippen LogP contribution < -0.4 is 0 Å². The lowest BCUT2D eigenvalue weighted by Crippen LogP contribution is -2.39. The topological polar surface area (TPSA) is 84.2 Å². The van der Waals surface area contributed by atoms with Gasteiger partial charge in [0.2, 0.25) is 0 Å². The van der Waals surface area contributed by atoms with E-state index in [1.807, 2.05) is 10.6 Å². The fraction of sp³-hybridized carbons (Fsp3) is 0.435. The first-order chi connectivity index (χ1) is 16.3. The monoisotopic (exact) mass is 504 g/mol. The van der Waals surface area contributed by atoms with Crippen molar-refractivity contribution >= 4 is 21.8 Å². The van der Waals surface area contributed by atoms with Crippen LogP contribution in [0.2, 0.25) is 5.02 Å². The number of rotatable bonds is 4. The van der Waals surface area contributed by atoms with Gasteiger partial charge in [-0.05, 0) is 61.6 Å². The van der Waals surface area contributed by atoms with E-state index in [4.69, 9.17) is 11.6 Å². The predicted molar refractivity (Wildman–Crippen MR) is 126 cm³/mol. The minimum absolute atomic E-state index is 0.0794. The summed E-state index contributed by atoms with van der Waals surface area (Å²) < 4.78 is 44.8. The summed E-state index contributed by atoms with van der Waals surface area (Å²) in [6.45, 7) is 0.291. The Kier molecular flexibility index (Phi) is 6.18. The molecule has 1 aliphatic carbocycles. The summed E-state index contributed by atoms with van der Waals surface area (Å²) in [6.07, 6.45) is 4.88. The van der Waals surface area contributed by atoms with E-state index in [2.05, 4.69) is 15.2 Å². The summed E-state index contributed by atoms with van der Waals surface area (Å²) in [6, 6.07) is 8.57. The van der Waals surface area contributed by atoms with Gasteiger partial charge in [0.1, 0.15) is 11.6 Å². The first kappa shape index (κ1) is 23.3. The molecule has 2 aromatic heterocycles. The minimum atomic E-state index is -3.68. The lowest BCUT2D eigenvalue weighted by molar-refractivity contribution is 0.360. The number of aromatic nitrogens is 4. The van der Waals surface area contributed by atoms with Gasteiger partial charge in [-0.3, -0.25) is 9.55 Å². The average Bonchev–Trinajstić information content (AvgIpc) is 3.15. The molecule has 0 N–H and O–H groups in total. The SMILES string of the molecule is CN(C)S(=O)(=O)N1Cc2cc(Cl)ccc2-n2c(nnc2C2CCC(c3ncccc3F)CC2)C1. The van der Waals surface area contributed by atoms with Gasteiger partial charge in [-0.15, -0.1) is 10.2 Å². The number of pyridine rings is 1. The zero-order valence-electron chi connectivity index (χ0n) is 19.0. The van der Waals surface area contributed by atoms with Gasteiger partial charge in [0.15, 0.2) is 5.82 Å². The van der Waals surface area contributed by atoms with E-state index in [1.165, 1.54) is 28.8 Å². The summed E-state index contributed by atoms with van der Waals surface area (Å²) in [5.74, 6) is 1.33. The molecular formula is C23H26ClFN6O2S. The van der Waals surface area contributed by atoms with Crippen LogP contribution in [0.25, 0.3) is 5.69 Å². The third kappa shape index (κ3) is 4.13. The van der Waals surface area contributed by atoms with Gasteiger partial charge in [0, 0.05) is 43.7 Å². The Balaban J connectivity index is 1.49. The van der Waals surface area contributed by atoms with Crippen LogP contribution in [-0.2, 0) is 23.3 Å². The van der Waals surface area contributed by atoms with Crippen LogP contribution in [0, 0.1) is 5.82 Å². The molecule has 2 aliphatic rings. The second-order valence-electron chi connectivity index (χ2n) is 9.06. The van der Waals surface area contributed by atoms with E-state index in [0.717, 1.165) is 42.8 Å². The van der Waals surface area contributed by atoms with Crippen molar-refractivity contribution in [2.75, 3.05) is 14.1 Å². The molecule has 0 spiro atoms. The Morgan fingerprint density at radius 2 is 1.79 bits per heavy atom. The van der Waals surface area contributed by atoms with Gasteiger partial charge in [-0.25, -0.2) is 4.39 Å². The molecule has 0 amide bonds. The molecule has 0 unspecified atom stereocenters. The fourth-order valence-corrected chi connectivity index (χ4v) is 6.22. The Morgan fingerprint density at radius 1 is 1.06 bits per heavy atom. The molecule has 3 aromatic rings. The molecule has 0 atom stereocenters. The second-order valence-corrected chi connectivity index (χ2v) is 11.6. The second kappa shape index (κ2) is 8.99. The van der Waals surface area contributed by atoms with Crippen molar-refractivity contribution in [1.82, 2.24) is 28.4 Å². The highest BCUT2D eigenvalue weighted by Crippen LogP contribution is 2.41. The molecule has 11 heteroatoms. The maximum absolute atomic E-state index is 14.2. The minimum Gasteiger partial charge on any atom is -0.281 e. The number of halogens is 2. The molecule has 1 aliphatic heterocycles. The molecule has 34 heavy (non-hydrogen) atoms. The molecule has 180 valence electrons. The lowest BCUT2D eigenvalue weighted by Gasteiger charge is -2.28. The van der Waals surface area contributed by atoms with Gasteiger partial charge in [-0.1, -0.05) is 11.6 Å². The van der Waals surface area contributed by atoms with Crippen LogP contribution in [0.15, 0.2) is 36.5 Å². The maximum atomic E-state index is 14.2. The van der Waals surface area contributed by atoms with E-state index in [-0.39, 0.29) is 30.7 Å². The molecule has 5 rings (SSSR count). The van der Waals surface area contributed by atoms with Crippen molar-refractivity contribution in [2.24, 2.45) is 0 Å². The van der Waals surface area contributed by atoms with Crippen molar-refractivity contribution in [1.29, 1.82) is 0 Å². The zero-order valence-corrected chi connectivity index (χ0v) is 20.6. The van der Waals surface area contributed by atoms with Crippen molar-refractivity contribution in [3.8, 4) is 5.69 Å². The van der Waals surface area contributed by atoms with Crippen molar-refractivity contribution in [3.05, 3.63) is 70.3 Å². The zero-order chi connectivity index (χ0) is 24.0. The van der Waals surface area contributed by atoms with Gasteiger partial charge in [-0.2, -0.15) is 17.0 Å². The molecule has 0 bridgehead atoms. The Labute approximate surface area is 203 Å². The standard InChI is InChI=1S/C23H26ClFN6O2S/c1-29(2)34(32,33)30-13-17-12-18(24)9-10-20(17)31-21(14-30)27-28-23(31)16-7-5-15(6-8-16)22-19(25)4-3-11-26-22/h3-4,9-12,15-16H,5-8,13-14H2,1-2H3. The smallest absolute Gasteiger partial charge is 0.281 e. The highest BCUT2D eigenvalue weighted by atomic mass is 35.5. The molecule has 1 aromatic carbocycles. The third-order valence-corrected chi connectivity index (χ3v) is 8.82. The van der Waals surface area contributed by atoms with Crippen LogP contribution in [0.1, 0.15) is 60.4 Å². The average molecular weight is 505 g/mol. The number of hydrogen-bond donors (Lipinski definition) is 0. The summed E-state index contributed by atoms with van der Waals surface area (Å²) in [7, 11) is -0.655. The quantitative estimate of drug-likeness (QED) is 0.536. The molecule has 1 fully saturated rings. The first-order valence-electron chi connectivity index (χ1n) is 11.3. The van der Waals surface area contributed by atoms with Gasteiger partial charge in [0.05, 0.1) is 17.9 Å². The van der Waals surface area contributed by atoms with Crippen LogP contribution in [0.5, 0.6) is 0 Å². The highest BCUT2D eigenvalue weighted by Gasteiger charge is 2.35. The maximum Gasteiger partial charge on any atom is 0.282 e. The Hall–Kier alpha value is -2.40. The summed E-state index contributed by atoms with van der Waals surface area (Å²) in [4.78, 5) is 4.27. The van der Waals surface area contributed by atoms with Crippen molar-refractivity contribution in [3.63, 3.8) is 0 Å². The van der Waals surface area contributed by atoms with E-state index in [0.29, 0.717) is 16.5 Å². The van der Waals surface area contributed by atoms with Crippen molar-refractivity contribution < 1.29 is 12.8 Å². The highest BCUT2D eigenvalue weighted by molar-refractivity contribution is 7.86. The molecule has 0 saturated heterocycles. The fourth-order valence-electron chi connectivity index (χ4n) is 4.98. The molecule has 1 saturated carbocycles. The number of benzene rings is 1. The van der Waals surface area contributed by atoms with Gasteiger partial charge < -0.3 is 0 Å². The van der Waals surface area contributed by atoms with Crippen LogP contribution in [0.3, 0.4) is 0 Å². The number of fused-ring (bicyclic) bond motifs is 3. The largest absolute Gasteiger partial charge is 0.282 e. The van der Waals surface area contributed by atoms with E-state index in [9.17, 15) is 12.8 Å².